The molecule has 0 saturated carbocycles. The number of hydrogen-bond donors (Lipinski definition) is 0. The highest BCUT2D eigenvalue weighted by Crippen LogP contribution is 2.27. The molecular weight excluding hydrogens is 352 g/mol. The van der Waals surface area contributed by atoms with Gasteiger partial charge in [-0.25, -0.2) is 15.0 Å². The quantitative estimate of drug-likeness (QED) is 0.675. The molecule has 3 aromatic rings. The van der Waals surface area contributed by atoms with Gasteiger partial charge in [0.1, 0.15) is 6.33 Å². The maximum absolute atomic E-state index is 5.85. The van der Waals surface area contributed by atoms with Crippen molar-refractivity contribution >= 4 is 16.5 Å². The zero-order valence-corrected chi connectivity index (χ0v) is 15.6. The zero-order chi connectivity index (χ0) is 17.9. The molecule has 0 radical (unpaired) electrons. The highest BCUT2D eigenvalue weighted by molar-refractivity contribution is 7.13. The maximum atomic E-state index is 5.85. The van der Waals surface area contributed by atoms with E-state index in [1.165, 1.54) is 0 Å². The van der Waals surface area contributed by atoms with Crippen molar-refractivity contribution in [2.24, 2.45) is 0 Å². The Labute approximate surface area is 155 Å². The Morgan fingerprint density at radius 1 is 1.23 bits per heavy atom. The third-order valence-corrected chi connectivity index (χ3v) is 5.09. The molecule has 0 bridgehead atoms. The van der Waals surface area contributed by atoms with Crippen LogP contribution in [0.1, 0.15) is 37.0 Å². The van der Waals surface area contributed by atoms with Crippen LogP contribution in [0, 0.1) is 0 Å². The Morgan fingerprint density at radius 3 is 2.88 bits per heavy atom. The van der Waals surface area contributed by atoms with Gasteiger partial charge >= 0.3 is 0 Å². The second-order valence-electron chi connectivity index (χ2n) is 6.37. The highest BCUT2D eigenvalue weighted by atomic mass is 32.1. The van der Waals surface area contributed by atoms with Gasteiger partial charge in [0.2, 0.25) is 5.89 Å². The van der Waals surface area contributed by atoms with Gasteiger partial charge in [-0.2, -0.15) is 0 Å². The molecule has 0 amide bonds. The maximum Gasteiger partial charge on any atom is 0.251 e. The molecule has 1 aliphatic rings. The second kappa shape index (κ2) is 7.46. The Kier molecular flexibility index (Phi) is 4.89. The van der Waals surface area contributed by atoms with E-state index in [2.05, 4.69) is 38.9 Å². The second-order valence-corrected chi connectivity index (χ2v) is 7.21. The predicted octanol–water partition coefficient (Wildman–Crippen LogP) is 2.53. The van der Waals surface area contributed by atoms with Gasteiger partial charge in [-0.05, 0) is 5.92 Å². The molecule has 0 unspecified atom stereocenters. The van der Waals surface area contributed by atoms with E-state index < -0.39 is 0 Å². The fraction of sp³-hybridized carbons (Fsp3) is 0.471. The largest absolute Gasteiger partial charge is 0.420 e. The number of nitrogens with zero attached hydrogens (tertiary/aromatic N) is 6. The topological polar surface area (TPSA) is 90.1 Å². The molecule has 1 fully saturated rings. The van der Waals surface area contributed by atoms with Crippen LogP contribution in [-0.2, 0) is 11.2 Å². The third kappa shape index (κ3) is 3.58. The standard InChI is InChI=1S/C17H20N6O2S/c1-11(2)15-13(8-18-10-19-15)16-22-21-14(25-16)7-12-9-26-17(20-12)23-3-5-24-6-4-23/h8-11H,3-7H2,1-2H3. The lowest BCUT2D eigenvalue weighted by Gasteiger charge is -2.25. The van der Waals surface area contributed by atoms with Crippen molar-refractivity contribution in [3.63, 3.8) is 0 Å². The Hall–Kier alpha value is -2.39. The van der Waals surface area contributed by atoms with E-state index >= 15 is 0 Å². The molecule has 0 atom stereocenters. The third-order valence-electron chi connectivity index (χ3n) is 4.14. The van der Waals surface area contributed by atoms with Gasteiger partial charge in [0, 0.05) is 24.7 Å². The lowest BCUT2D eigenvalue weighted by Crippen LogP contribution is -2.36. The number of hydrogen-bond acceptors (Lipinski definition) is 9. The van der Waals surface area contributed by atoms with Gasteiger partial charge in [-0.3, -0.25) is 0 Å². The Balaban J connectivity index is 1.50. The van der Waals surface area contributed by atoms with E-state index in [0.29, 0.717) is 18.2 Å². The van der Waals surface area contributed by atoms with Crippen LogP contribution in [0.3, 0.4) is 0 Å². The minimum absolute atomic E-state index is 0.248. The van der Waals surface area contributed by atoms with Crippen molar-refractivity contribution in [3.05, 3.63) is 35.2 Å². The summed E-state index contributed by atoms with van der Waals surface area (Å²) in [5.74, 6) is 1.24. The van der Waals surface area contributed by atoms with E-state index in [-0.39, 0.29) is 5.92 Å². The molecule has 1 saturated heterocycles. The number of aromatic nitrogens is 5. The first-order valence-corrected chi connectivity index (χ1v) is 9.48. The number of rotatable bonds is 5. The lowest BCUT2D eigenvalue weighted by molar-refractivity contribution is 0.122. The zero-order valence-electron chi connectivity index (χ0n) is 14.8. The fourth-order valence-corrected chi connectivity index (χ4v) is 3.71. The first kappa shape index (κ1) is 17.0. The average Bonchev–Trinajstić information content (AvgIpc) is 3.32. The van der Waals surface area contributed by atoms with E-state index in [1.807, 2.05) is 5.38 Å². The van der Waals surface area contributed by atoms with Gasteiger partial charge in [0.15, 0.2) is 5.13 Å². The van der Waals surface area contributed by atoms with E-state index in [9.17, 15) is 0 Å². The number of thiazole rings is 1. The molecule has 0 aliphatic carbocycles. The van der Waals surface area contributed by atoms with Crippen LogP contribution in [0.15, 0.2) is 22.3 Å². The van der Waals surface area contributed by atoms with Crippen molar-refractivity contribution in [1.29, 1.82) is 0 Å². The smallest absolute Gasteiger partial charge is 0.251 e. The Morgan fingerprint density at radius 2 is 2.08 bits per heavy atom. The molecule has 0 N–H and O–H groups in total. The van der Waals surface area contributed by atoms with Gasteiger partial charge in [-0.1, -0.05) is 13.8 Å². The van der Waals surface area contributed by atoms with Crippen molar-refractivity contribution in [3.8, 4) is 11.5 Å². The molecule has 136 valence electrons. The predicted molar refractivity (Wildman–Crippen MR) is 97.4 cm³/mol. The van der Waals surface area contributed by atoms with E-state index in [0.717, 1.165) is 48.4 Å². The number of morpholine rings is 1. The molecule has 4 heterocycles. The normalized spacial score (nSPS) is 15.0. The molecule has 26 heavy (non-hydrogen) atoms. The van der Waals surface area contributed by atoms with Crippen molar-refractivity contribution < 1.29 is 9.15 Å². The first-order chi connectivity index (χ1) is 12.7. The molecule has 4 rings (SSSR count). The Bertz CT molecular complexity index is 872. The van der Waals surface area contributed by atoms with Crippen molar-refractivity contribution in [2.45, 2.75) is 26.2 Å². The molecule has 0 aromatic carbocycles. The minimum atomic E-state index is 0.248. The lowest BCUT2D eigenvalue weighted by atomic mass is 10.1. The van der Waals surface area contributed by atoms with Crippen LogP contribution < -0.4 is 4.90 Å². The van der Waals surface area contributed by atoms with E-state index in [4.69, 9.17) is 14.1 Å². The minimum Gasteiger partial charge on any atom is -0.420 e. The summed E-state index contributed by atoms with van der Waals surface area (Å²) in [6, 6.07) is 0. The molecule has 0 spiro atoms. The van der Waals surface area contributed by atoms with Crippen LogP contribution in [0.4, 0.5) is 5.13 Å². The van der Waals surface area contributed by atoms with Gasteiger partial charge < -0.3 is 14.1 Å². The van der Waals surface area contributed by atoms with E-state index in [1.54, 1.807) is 23.9 Å². The highest BCUT2D eigenvalue weighted by Gasteiger charge is 2.18. The van der Waals surface area contributed by atoms with Crippen molar-refractivity contribution in [2.75, 3.05) is 31.2 Å². The van der Waals surface area contributed by atoms with Crippen LogP contribution in [0.2, 0.25) is 0 Å². The van der Waals surface area contributed by atoms with Crippen LogP contribution >= 0.6 is 11.3 Å². The van der Waals surface area contributed by atoms with Crippen LogP contribution in [0.25, 0.3) is 11.5 Å². The summed E-state index contributed by atoms with van der Waals surface area (Å²) >= 11 is 1.63. The molecular formula is C17H20N6O2S. The van der Waals surface area contributed by atoms with Crippen LogP contribution in [-0.4, -0.2) is 51.5 Å². The summed E-state index contributed by atoms with van der Waals surface area (Å²) in [6.07, 6.45) is 3.77. The molecule has 9 heteroatoms. The SMILES string of the molecule is CC(C)c1ncncc1-c1nnc(Cc2csc(N3CCOCC3)n2)o1. The van der Waals surface area contributed by atoms with Crippen molar-refractivity contribution in [1.82, 2.24) is 25.1 Å². The summed E-state index contributed by atoms with van der Waals surface area (Å²) in [6.45, 7) is 7.41. The summed E-state index contributed by atoms with van der Waals surface area (Å²) < 4.78 is 11.2. The fourth-order valence-electron chi connectivity index (χ4n) is 2.83. The first-order valence-electron chi connectivity index (χ1n) is 8.60. The summed E-state index contributed by atoms with van der Waals surface area (Å²) in [4.78, 5) is 15.4. The van der Waals surface area contributed by atoms with Gasteiger partial charge in [0.05, 0.1) is 36.6 Å². The monoisotopic (exact) mass is 372 g/mol. The van der Waals surface area contributed by atoms with Gasteiger partial charge in [-0.15, -0.1) is 21.5 Å². The van der Waals surface area contributed by atoms with Crippen LogP contribution in [0.5, 0.6) is 0 Å². The summed E-state index contributed by atoms with van der Waals surface area (Å²) in [5.41, 5.74) is 2.62. The molecule has 1 aliphatic heterocycles. The summed E-state index contributed by atoms with van der Waals surface area (Å²) in [7, 11) is 0. The molecule has 8 nitrogen and oxygen atoms in total. The molecule has 3 aromatic heterocycles. The number of ether oxygens (including phenoxy) is 1. The average molecular weight is 372 g/mol. The number of anilines is 1. The van der Waals surface area contributed by atoms with Gasteiger partial charge in [0.25, 0.3) is 5.89 Å². The summed E-state index contributed by atoms with van der Waals surface area (Å²) in [5, 5.41) is 11.4.